The lowest BCUT2D eigenvalue weighted by molar-refractivity contribution is 0.156. The number of rotatable bonds is 9. The van der Waals surface area contributed by atoms with Crippen molar-refractivity contribution in [1.82, 2.24) is 0 Å². The largest absolute Gasteiger partial charge is 0.448 e. The summed E-state index contributed by atoms with van der Waals surface area (Å²) in [6.07, 6.45) is -0.327. The number of aryl methyl sites for hydroxylation is 2. The van der Waals surface area contributed by atoms with Crippen molar-refractivity contribution < 1.29 is 9.53 Å². The monoisotopic (exact) mass is 425 g/mol. The van der Waals surface area contributed by atoms with E-state index in [-0.39, 0.29) is 6.61 Å². The summed E-state index contributed by atoms with van der Waals surface area (Å²) in [6, 6.07) is 13.8. The maximum Gasteiger partial charge on any atom is 0.428 e. The Morgan fingerprint density at radius 3 is 2.23 bits per heavy atom. The van der Waals surface area contributed by atoms with Gasteiger partial charge in [-0.15, -0.1) is 0 Å². The topological polar surface area (TPSA) is 85.9 Å². The van der Waals surface area contributed by atoms with Crippen LogP contribution in [-0.4, -0.2) is 38.2 Å². The fourth-order valence-corrected chi connectivity index (χ4v) is 3.61. The van der Waals surface area contributed by atoms with E-state index >= 15 is 0 Å². The number of nitrogens with two attached hydrogens (primary N) is 1. The van der Waals surface area contributed by atoms with Crippen LogP contribution in [0.2, 0.25) is 0 Å². The molecule has 7 heteroatoms. The third kappa shape index (κ3) is 5.98. The van der Waals surface area contributed by atoms with Crippen LogP contribution >= 0.6 is 0 Å². The van der Waals surface area contributed by atoms with Crippen LogP contribution in [0.15, 0.2) is 42.5 Å². The number of anilines is 3. The van der Waals surface area contributed by atoms with Gasteiger partial charge >= 0.3 is 6.09 Å². The molecule has 0 aliphatic rings. The van der Waals surface area contributed by atoms with E-state index in [9.17, 15) is 4.79 Å². The normalized spacial score (nSPS) is 10.5. The molecule has 0 unspecified atom stereocenters. The van der Waals surface area contributed by atoms with Gasteiger partial charge in [-0.2, -0.15) is 0 Å². The molecule has 0 aromatic heterocycles. The van der Waals surface area contributed by atoms with Crippen molar-refractivity contribution >= 4 is 29.0 Å². The molecule has 31 heavy (non-hydrogen) atoms. The van der Waals surface area contributed by atoms with Crippen LogP contribution in [0.5, 0.6) is 0 Å². The second-order valence-electron chi connectivity index (χ2n) is 7.35. The van der Waals surface area contributed by atoms with Gasteiger partial charge in [0.1, 0.15) is 12.4 Å². The number of carbonyl (C=O) groups excluding carboxylic acids is 1. The Bertz CT molecular complexity index is 895. The number of nitrogens with zero attached hydrogens (tertiary/aromatic N) is 3. The van der Waals surface area contributed by atoms with Gasteiger partial charge in [0.25, 0.3) is 0 Å². The lowest BCUT2D eigenvalue weighted by Crippen LogP contribution is -2.39. The SMILES string of the molecule is CCN(CC)c1ccc(N(N)C(=O)OCCC(=N)N(CC)c2ccccc2C)c(C)c1. The maximum absolute atomic E-state index is 12.5. The van der Waals surface area contributed by atoms with E-state index in [1.807, 2.05) is 68.1 Å². The summed E-state index contributed by atoms with van der Waals surface area (Å²) in [5.41, 5.74) is 4.69. The first-order valence-corrected chi connectivity index (χ1v) is 10.8. The summed E-state index contributed by atoms with van der Waals surface area (Å²) >= 11 is 0. The molecule has 0 fully saturated rings. The van der Waals surface area contributed by atoms with Crippen LogP contribution in [0.3, 0.4) is 0 Å². The number of amidine groups is 1. The van der Waals surface area contributed by atoms with Gasteiger partial charge in [0.2, 0.25) is 0 Å². The van der Waals surface area contributed by atoms with Gasteiger partial charge in [-0.05, 0) is 70.0 Å². The zero-order valence-corrected chi connectivity index (χ0v) is 19.3. The Kier molecular flexibility index (Phi) is 8.88. The fraction of sp³-hybridized carbons (Fsp3) is 0.417. The molecule has 3 N–H and O–H groups in total. The molecule has 0 atom stereocenters. The number of amides is 1. The molecule has 0 heterocycles. The molecule has 2 aromatic carbocycles. The van der Waals surface area contributed by atoms with Crippen molar-refractivity contribution in [3.63, 3.8) is 0 Å². The molecule has 0 aliphatic heterocycles. The predicted octanol–water partition coefficient (Wildman–Crippen LogP) is 4.86. The minimum atomic E-state index is -0.634. The number of para-hydroxylation sites is 1. The number of carbonyl (C=O) groups is 1. The van der Waals surface area contributed by atoms with Crippen molar-refractivity contribution in [1.29, 1.82) is 5.41 Å². The van der Waals surface area contributed by atoms with Gasteiger partial charge < -0.3 is 14.5 Å². The summed E-state index contributed by atoms with van der Waals surface area (Å²) in [5, 5.41) is 9.45. The Morgan fingerprint density at radius 2 is 1.65 bits per heavy atom. The first-order chi connectivity index (χ1) is 14.8. The molecule has 2 aromatic rings. The van der Waals surface area contributed by atoms with Crippen LogP contribution in [0, 0.1) is 19.3 Å². The first-order valence-electron chi connectivity index (χ1n) is 10.8. The Labute approximate surface area is 185 Å². The Morgan fingerprint density at radius 1 is 0.968 bits per heavy atom. The highest BCUT2D eigenvalue weighted by Gasteiger charge is 2.18. The third-order valence-corrected chi connectivity index (χ3v) is 5.38. The highest BCUT2D eigenvalue weighted by Crippen LogP contribution is 2.25. The van der Waals surface area contributed by atoms with Crippen molar-refractivity contribution in [2.75, 3.05) is 41.0 Å². The van der Waals surface area contributed by atoms with Crippen LogP contribution in [0.25, 0.3) is 0 Å². The van der Waals surface area contributed by atoms with E-state index in [1.165, 1.54) is 0 Å². The van der Waals surface area contributed by atoms with E-state index in [1.54, 1.807) is 0 Å². The lowest BCUT2D eigenvalue weighted by atomic mass is 10.1. The van der Waals surface area contributed by atoms with Gasteiger partial charge in [0, 0.05) is 37.4 Å². The third-order valence-electron chi connectivity index (χ3n) is 5.38. The van der Waals surface area contributed by atoms with Crippen LogP contribution in [0.1, 0.15) is 38.3 Å². The molecule has 168 valence electrons. The molecule has 0 spiro atoms. The summed E-state index contributed by atoms with van der Waals surface area (Å²) in [4.78, 5) is 16.6. The van der Waals surface area contributed by atoms with Gasteiger partial charge in [0.15, 0.2) is 0 Å². The maximum atomic E-state index is 12.5. The van der Waals surface area contributed by atoms with Crippen molar-refractivity contribution in [3.05, 3.63) is 53.6 Å². The Hall–Kier alpha value is -3.06. The standard InChI is InChI=1S/C24H35N5O2/c1-6-27(7-2)20-13-14-22(19(5)17-20)29(26)24(30)31-16-15-23(25)28(8-3)21-12-10-9-11-18(21)4/h9-14,17,25H,6-8,15-16,26H2,1-5H3. The minimum absolute atomic E-state index is 0.0876. The molecule has 7 nitrogen and oxygen atoms in total. The Balaban J connectivity index is 1.96. The number of benzene rings is 2. The number of ether oxygens (including phenoxy) is 1. The van der Waals surface area contributed by atoms with Crippen LogP contribution < -0.4 is 20.7 Å². The number of hydrogen-bond donors (Lipinski definition) is 2. The van der Waals surface area contributed by atoms with E-state index in [4.69, 9.17) is 16.0 Å². The number of hydrogen-bond acceptors (Lipinski definition) is 5. The zero-order valence-electron chi connectivity index (χ0n) is 19.3. The molecule has 1 amide bonds. The lowest BCUT2D eigenvalue weighted by Gasteiger charge is -2.26. The van der Waals surface area contributed by atoms with Gasteiger partial charge in [-0.1, -0.05) is 18.2 Å². The molecule has 0 saturated carbocycles. The summed E-state index contributed by atoms with van der Waals surface area (Å²) in [7, 11) is 0. The molecule has 0 saturated heterocycles. The first kappa shape index (κ1) is 24.2. The molecule has 2 rings (SSSR count). The summed E-state index contributed by atoms with van der Waals surface area (Å²) < 4.78 is 5.35. The van der Waals surface area contributed by atoms with E-state index in [0.717, 1.165) is 40.6 Å². The predicted molar refractivity (Wildman–Crippen MR) is 129 cm³/mol. The zero-order chi connectivity index (χ0) is 23.0. The van der Waals surface area contributed by atoms with Crippen molar-refractivity contribution in [2.45, 2.75) is 41.0 Å². The molecular formula is C24H35N5O2. The van der Waals surface area contributed by atoms with Crippen molar-refractivity contribution in [3.8, 4) is 0 Å². The van der Waals surface area contributed by atoms with Crippen LogP contribution in [-0.2, 0) is 4.74 Å². The number of nitrogens with one attached hydrogen (secondary N) is 1. The highest BCUT2D eigenvalue weighted by atomic mass is 16.6. The minimum Gasteiger partial charge on any atom is -0.448 e. The van der Waals surface area contributed by atoms with Crippen molar-refractivity contribution in [2.24, 2.45) is 5.84 Å². The fourth-order valence-electron chi connectivity index (χ4n) is 3.61. The van der Waals surface area contributed by atoms with Gasteiger partial charge in [-0.25, -0.2) is 15.6 Å². The van der Waals surface area contributed by atoms with E-state index in [0.29, 0.717) is 24.5 Å². The molecule has 0 aliphatic carbocycles. The molecule has 0 radical (unpaired) electrons. The highest BCUT2D eigenvalue weighted by molar-refractivity contribution is 5.96. The quantitative estimate of drug-likeness (QED) is 0.197. The van der Waals surface area contributed by atoms with E-state index < -0.39 is 6.09 Å². The smallest absolute Gasteiger partial charge is 0.428 e. The second-order valence-corrected chi connectivity index (χ2v) is 7.35. The van der Waals surface area contributed by atoms with Gasteiger partial charge in [-0.3, -0.25) is 5.41 Å². The summed E-state index contributed by atoms with van der Waals surface area (Å²) in [6.45, 7) is 12.7. The van der Waals surface area contributed by atoms with Gasteiger partial charge in [0.05, 0.1) is 5.69 Å². The van der Waals surface area contributed by atoms with E-state index in [2.05, 4.69) is 18.7 Å². The molecule has 0 bridgehead atoms. The average Bonchev–Trinajstić information content (AvgIpc) is 2.76. The average molecular weight is 426 g/mol. The summed E-state index contributed by atoms with van der Waals surface area (Å²) in [5.74, 6) is 6.42. The second kappa shape index (κ2) is 11.4. The number of hydrazine groups is 1. The van der Waals surface area contributed by atoms with Crippen LogP contribution in [0.4, 0.5) is 21.9 Å². The molecular weight excluding hydrogens is 390 g/mol.